The summed E-state index contributed by atoms with van der Waals surface area (Å²) in [7, 11) is 0. The minimum absolute atomic E-state index is 0.272. The number of benzene rings is 2. The molecule has 82 valence electrons. The topological polar surface area (TPSA) is 72.3 Å². The molecular formula is C13H14N2O. The van der Waals surface area contributed by atoms with Crippen LogP contribution in [-0.2, 0) is 0 Å². The highest BCUT2D eigenvalue weighted by Crippen LogP contribution is 2.33. The first-order chi connectivity index (χ1) is 7.59. The van der Waals surface area contributed by atoms with Crippen molar-refractivity contribution in [1.29, 1.82) is 0 Å². The van der Waals surface area contributed by atoms with Gasteiger partial charge in [0, 0.05) is 16.9 Å². The molecule has 0 saturated carbocycles. The highest BCUT2D eigenvalue weighted by Gasteiger charge is 2.08. The zero-order valence-electron chi connectivity index (χ0n) is 9.07. The van der Waals surface area contributed by atoms with Gasteiger partial charge < -0.3 is 16.6 Å². The molecule has 0 atom stereocenters. The van der Waals surface area contributed by atoms with E-state index in [0.29, 0.717) is 11.4 Å². The fraction of sp³-hybridized carbons (Fsp3) is 0.0769. The highest BCUT2D eigenvalue weighted by molar-refractivity contribution is 5.81. The van der Waals surface area contributed by atoms with Crippen molar-refractivity contribution in [3.8, 4) is 16.9 Å². The van der Waals surface area contributed by atoms with E-state index in [1.165, 1.54) is 0 Å². The number of phenols is 1. The molecule has 0 radical (unpaired) electrons. The van der Waals surface area contributed by atoms with Crippen LogP contribution in [0, 0.1) is 6.92 Å². The van der Waals surface area contributed by atoms with Crippen LogP contribution >= 0.6 is 0 Å². The Hall–Kier alpha value is -2.16. The second kappa shape index (κ2) is 3.77. The summed E-state index contributed by atoms with van der Waals surface area (Å²) < 4.78 is 0. The fourth-order valence-electron chi connectivity index (χ4n) is 1.74. The van der Waals surface area contributed by atoms with E-state index in [4.69, 9.17) is 11.5 Å². The molecule has 2 aromatic carbocycles. The summed E-state index contributed by atoms with van der Waals surface area (Å²) in [6, 6.07) is 10.8. The van der Waals surface area contributed by atoms with Gasteiger partial charge in [0.05, 0.1) is 0 Å². The first-order valence-electron chi connectivity index (χ1n) is 5.03. The minimum Gasteiger partial charge on any atom is -0.508 e. The molecule has 0 fully saturated rings. The quantitative estimate of drug-likeness (QED) is 0.639. The minimum atomic E-state index is 0.272. The maximum Gasteiger partial charge on any atom is 0.119 e. The number of phenolic OH excluding ortho intramolecular Hbond substituents is 1. The van der Waals surface area contributed by atoms with Crippen LogP contribution in [0.2, 0.25) is 0 Å². The van der Waals surface area contributed by atoms with Crippen LogP contribution in [0.3, 0.4) is 0 Å². The molecule has 2 aromatic rings. The van der Waals surface area contributed by atoms with Gasteiger partial charge in [-0.2, -0.15) is 0 Å². The Morgan fingerprint density at radius 2 is 1.75 bits per heavy atom. The summed E-state index contributed by atoms with van der Waals surface area (Å²) in [6.07, 6.45) is 0. The van der Waals surface area contributed by atoms with Gasteiger partial charge in [-0.05, 0) is 36.2 Å². The molecule has 0 spiro atoms. The maximum absolute atomic E-state index is 9.64. The molecular weight excluding hydrogens is 200 g/mol. The Morgan fingerprint density at radius 3 is 2.44 bits per heavy atom. The van der Waals surface area contributed by atoms with Crippen LogP contribution in [-0.4, -0.2) is 5.11 Å². The number of nitrogen functional groups attached to an aromatic ring is 2. The predicted octanol–water partition coefficient (Wildman–Crippen LogP) is 2.53. The van der Waals surface area contributed by atoms with Gasteiger partial charge >= 0.3 is 0 Å². The van der Waals surface area contributed by atoms with Crippen molar-refractivity contribution in [2.75, 3.05) is 11.5 Å². The second-order valence-corrected chi connectivity index (χ2v) is 3.80. The van der Waals surface area contributed by atoms with Crippen LogP contribution in [0.1, 0.15) is 5.56 Å². The predicted molar refractivity (Wildman–Crippen MR) is 67.1 cm³/mol. The van der Waals surface area contributed by atoms with Crippen molar-refractivity contribution in [3.63, 3.8) is 0 Å². The summed E-state index contributed by atoms with van der Waals surface area (Å²) >= 11 is 0. The summed E-state index contributed by atoms with van der Waals surface area (Å²) in [6.45, 7) is 1.86. The maximum atomic E-state index is 9.64. The Kier molecular flexibility index (Phi) is 2.44. The molecule has 0 aliphatic carbocycles. The number of anilines is 2. The molecule has 0 amide bonds. The van der Waals surface area contributed by atoms with E-state index >= 15 is 0 Å². The van der Waals surface area contributed by atoms with Gasteiger partial charge in [-0.15, -0.1) is 0 Å². The van der Waals surface area contributed by atoms with Crippen LogP contribution in [0.25, 0.3) is 11.1 Å². The van der Waals surface area contributed by atoms with Crippen molar-refractivity contribution in [2.45, 2.75) is 6.92 Å². The number of aromatic hydroxyl groups is 1. The van der Waals surface area contributed by atoms with Crippen LogP contribution in [0.5, 0.6) is 5.75 Å². The molecule has 2 rings (SSSR count). The zero-order chi connectivity index (χ0) is 11.7. The zero-order valence-corrected chi connectivity index (χ0v) is 9.07. The average molecular weight is 214 g/mol. The van der Waals surface area contributed by atoms with E-state index in [1.54, 1.807) is 24.3 Å². The SMILES string of the molecule is Cc1c(O)cccc1-c1ccc(N)cc1N. The van der Waals surface area contributed by atoms with Crippen molar-refractivity contribution in [2.24, 2.45) is 0 Å². The van der Waals surface area contributed by atoms with Gasteiger partial charge in [0.2, 0.25) is 0 Å². The first-order valence-corrected chi connectivity index (χ1v) is 5.03. The summed E-state index contributed by atoms with van der Waals surface area (Å²) in [5.41, 5.74) is 15.5. The molecule has 3 heteroatoms. The molecule has 0 aliphatic heterocycles. The summed E-state index contributed by atoms with van der Waals surface area (Å²) in [5, 5.41) is 9.64. The average Bonchev–Trinajstić information content (AvgIpc) is 2.23. The standard InChI is InChI=1S/C13H14N2O/c1-8-10(3-2-4-13(8)16)11-6-5-9(14)7-12(11)15/h2-7,16H,14-15H2,1H3. The van der Waals surface area contributed by atoms with Crippen molar-refractivity contribution in [1.82, 2.24) is 0 Å². The Labute approximate surface area is 94.3 Å². The molecule has 0 aliphatic rings. The second-order valence-electron chi connectivity index (χ2n) is 3.80. The van der Waals surface area contributed by atoms with Gasteiger partial charge in [0.1, 0.15) is 5.75 Å². The molecule has 5 N–H and O–H groups in total. The van der Waals surface area contributed by atoms with Gasteiger partial charge in [-0.3, -0.25) is 0 Å². The lowest BCUT2D eigenvalue weighted by atomic mass is 9.98. The Morgan fingerprint density at radius 1 is 1.00 bits per heavy atom. The van der Waals surface area contributed by atoms with E-state index in [0.717, 1.165) is 16.7 Å². The first kappa shape index (κ1) is 10.4. The normalized spacial score (nSPS) is 10.3. The van der Waals surface area contributed by atoms with Crippen molar-refractivity contribution in [3.05, 3.63) is 42.0 Å². The van der Waals surface area contributed by atoms with Gasteiger partial charge in [0.15, 0.2) is 0 Å². The lowest BCUT2D eigenvalue weighted by Gasteiger charge is -2.10. The Bertz CT molecular complexity index is 535. The molecule has 3 nitrogen and oxygen atoms in total. The van der Waals surface area contributed by atoms with E-state index in [-0.39, 0.29) is 5.75 Å². The lowest BCUT2D eigenvalue weighted by Crippen LogP contribution is -1.94. The highest BCUT2D eigenvalue weighted by atomic mass is 16.3. The lowest BCUT2D eigenvalue weighted by molar-refractivity contribution is 0.471. The van der Waals surface area contributed by atoms with E-state index in [2.05, 4.69) is 0 Å². The fourth-order valence-corrected chi connectivity index (χ4v) is 1.74. The van der Waals surface area contributed by atoms with Crippen LogP contribution in [0.15, 0.2) is 36.4 Å². The van der Waals surface area contributed by atoms with E-state index in [1.807, 2.05) is 19.1 Å². The van der Waals surface area contributed by atoms with E-state index < -0.39 is 0 Å². The van der Waals surface area contributed by atoms with Crippen LogP contribution in [0.4, 0.5) is 11.4 Å². The van der Waals surface area contributed by atoms with Gasteiger partial charge in [-0.1, -0.05) is 18.2 Å². The molecule has 0 aromatic heterocycles. The third-order valence-electron chi connectivity index (χ3n) is 2.67. The van der Waals surface area contributed by atoms with Crippen molar-refractivity contribution >= 4 is 11.4 Å². The van der Waals surface area contributed by atoms with Crippen molar-refractivity contribution < 1.29 is 5.11 Å². The third-order valence-corrected chi connectivity index (χ3v) is 2.67. The smallest absolute Gasteiger partial charge is 0.119 e. The van der Waals surface area contributed by atoms with Gasteiger partial charge in [0.25, 0.3) is 0 Å². The molecule has 0 bridgehead atoms. The summed E-state index contributed by atoms with van der Waals surface area (Å²) in [5.74, 6) is 0.272. The number of nitrogens with two attached hydrogens (primary N) is 2. The monoisotopic (exact) mass is 214 g/mol. The van der Waals surface area contributed by atoms with Crippen LogP contribution < -0.4 is 11.5 Å². The number of rotatable bonds is 1. The third kappa shape index (κ3) is 1.67. The molecule has 0 saturated heterocycles. The molecule has 16 heavy (non-hydrogen) atoms. The largest absolute Gasteiger partial charge is 0.508 e. The number of hydrogen-bond donors (Lipinski definition) is 3. The molecule has 0 heterocycles. The molecule has 0 unspecified atom stereocenters. The Balaban J connectivity index is 2.63. The van der Waals surface area contributed by atoms with Gasteiger partial charge in [-0.25, -0.2) is 0 Å². The van der Waals surface area contributed by atoms with E-state index in [9.17, 15) is 5.11 Å². The number of hydrogen-bond acceptors (Lipinski definition) is 3. The summed E-state index contributed by atoms with van der Waals surface area (Å²) in [4.78, 5) is 0.